The number of likely N-dealkylation sites (tertiary alicyclic amines) is 1. The van der Waals surface area contributed by atoms with Crippen molar-refractivity contribution < 1.29 is 23.8 Å². The molecule has 1 aliphatic rings. The number of fused-ring (bicyclic) bond motifs is 2. The van der Waals surface area contributed by atoms with Crippen molar-refractivity contribution >= 4 is 39.6 Å². The third-order valence-corrected chi connectivity index (χ3v) is 8.07. The normalized spacial score (nSPS) is 15.0. The molecule has 0 bridgehead atoms. The molecule has 0 saturated carbocycles. The Kier molecular flexibility index (Phi) is 8.53. The van der Waals surface area contributed by atoms with Crippen LogP contribution < -0.4 is 10.5 Å². The van der Waals surface area contributed by atoms with Gasteiger partial charge in [-0.1, -0.05) is 42.5 Å². The number of nitrogens with two attached hydrogens (primary N) is 1. The molecule has 2 N–H and O–H groups in total. The molecule has 5 aromatic rings. The van der Waals surface area contributed by atoms with Gasteiger partial charge in [-0.05, 0) is 74.9 Å². The number of hydrogen-bond acceptors (Lipinski definition) is 8. The van der Waals surface area contributed by atoms with Crippen LogP contribution in [-0.4, -0.2) is 57.0 Å². The van der Waals surface area contributed by atoms with Gasteiger partial charge in [-0.15, -0.1) is 0 Å². The van der Waals surface area contributed by atoms with E-state index in [1.165, 1.54) is 0 Å². The average Bonchev–Trinajstić information content (AvgIpc) is 3.65. The smallest absolute Gasteiger partial charge is 0.410 e. The number of pyridine rings is 1. The molecule has 0 spiro atoms. The van der Waals surface area contributed by atoms with Gasteiger partial charge in [0, 0.05) is 35.6 Å². The van der Waals surface area contributed by atoms with Crippen LogP contribution in [0.5, 0.6) is 5.75 Å². The summed E-state index contributed by atoms with van der Waals surface area (Å²) in [6, 6.07) is 21.7. The van der Waals surface area contributed by atoms with E-state index in [0.717, 1.165) is 50.5 Å². The van der Waals surface area contributed by atoms with Crippen molar-refractivity contribution in [1.29, 1.82) is 0 Å². The Bertz CT molecular complexity index is 1910. The number of esters is 1. The van der Waals surface area contributed by atoms with Gasteiger partial charge in [0.05, 0.1) is 24.6 Å². The summed E-state index contributed by atoms with van der Waals surface area (Å²) in [7, 11) is 0. The number of nitrogens with zero attached hydrogens (tertiary/aromatic N) is 4. The molecule has 10 nitrogen and oxygen atoms in total. The van der Waals surface area contributed by atoms with Gasteiger partial charge in [0.1, 0.15) is 29.5 Å². The molecular weight excluding hydrogens is 582 g/mol. The molecule has 10 heteroatoms. The zero-order valence-corrected chi connectivity index (χ0v) is 26.7. The van der Waals surface area contributed by atoms with Crippen molar-refractivity contribution in [3.05, 3.63) is 84.2 Å². The van der Waals surface area contributed by atoms with Gasteiger partial charge < -0.3 is 24.8 Å². The molecule has 2 aromatic heterocycles. The summed E-state index contributed by atoms with van der Waals surface area (Å²) in [6.07, 6.45) is 2.27. The van der Waals surface area contributed by atoms with Crippen LogP contribution in [0.3, 0.4) is 0 Å². The molecule has 1 unspecified atom stereocenters. The van der Waals surface area contributed by atoms with E-state index in [1.807, 2.05) is 67.9 Å². The van der Waals surface area contributed by atoms with E-state index in [2.05, 4.69) is 29.2 Å². The molecule has 238 valence electrons. The minimum atomic E-state index is -0.569. The topological polar surface area (TPSA) is 122 Å². The van der Waals surface area contributed by atoms with E-state index >= 15 is 0 Å². The molecule has 1 atom stereocenters. The maximum Gasteiger partial charge on any atom is 0.410 e. The SMILES string of the molecule is CCOC(=O)Cc1ccccc1OCc1nn(C2CCN(C(=O)OC(C)(C)C)C2)c2ccc(-c3cccc4c(N)nccc34)cc12. The summed E-state index contributed by atoms with van der Waals surface area (Å²) in [5.41, 5.74) is 10.1. The number of carbonyl (C=O) groups is 2. The first kappa shape index (κ1) is 30.9. The van der Waals surface area contributed by atoms with Crippen molar-refractivity contribution in [3.8, 4) is 16.9 Å². The Morgan fingerprint density at radius 3 is 2.63 bits per heavy atom. The minimum Gasteiger partial charge on any atom is -0.487 e. The summed E-state index contributed by atoms with van der Waals surface area (Å²) in [4.78, 5) is 31.1. The second-order valence-corrected chi connectivity index (χ2v) is 12.5. The van der Waals surface area contributed by atoms with Crippen LogP contribution in [0.2, 0.25) is 0 Å². The quantitative estimate of drug-likeness (QED) is 0.190. The van der Waals surface area contributed by atoms with E-state index in [1.54, 1.807) is 18.0 Å². The number of carbonyl (C=O) groups excluding carboxylic acids is 2. The van der Waals surface area contributed by atoms with Crippen LogP contribution >= 0.6 is 0 Å². The Morgan fingerprint density at radius 2 is 1.83 bits per heavy atom. The molecule has 1 amide bonds. The number of anilines is 1. The van der Waals surface area contributed by atoms with Crippen LogP contribution in [0, 0.1) is 0 Å². The number of hydrogen-bond donors (Lipinski definition) is 1. The summed E-state index contributed by atoms with van der Waals surface area (Å²) >= 11 is 0. The van der Waals surface area contributed by atoms with Gasteiger partial charge in [-0.3, -0.25) is 9.48 Å². The van der Waals surface area contributed by atoms with Crippen LogP contribution in [0.1, 0.15) is 51.4 Å². The maximum absolute atomic E-state index is 12.9. The molecule has 0 aliphatic carbocycles. The van der Waals surface area contributed by atoms with Gasteiger partial charge >= 0.3 is 12.1 Å². The number of nitrogen functional groups attached to an aromatic ring is 1. The molecule has 1 aliphatic heterocycles. The zero-order valence-electron chi connectivity index (χ0n) is 26.7. The van der Waals surface area contributed by atoms with E-state index in [9.17, 15) is 9.59 Å². The van der Waals surface area contributed by atoms with Crippen molar-refractivity contribution in [1.82, 2.24) is 19.7 Å². The number of benzene rings is 3. The van der Waals surface area contributed by atoms with E-state index < -0.39 is 5.60 Å². The zero-order chi connectivity index (χ0) is 32.4. The third kappa shape index (κ3) is 6.47. The third-order valence-electron chi connectivity index (χ3n) is 8.07. The molecule has 3 aromatic carbocycles. The standard InChI is InChI=1S/C36H39N5O5/c1-5-44-33(42)20-24-9-6-7-12-32(24)45-22-30-29-19-23(26-10-8-11-28-27(26)15-17-38-34(28)37)13-14-31(29)41(39-30)25-16-18-40(21-25)35(43)46-36(2,3)4/h6-15,17,19,25H,5,16,18,20-22H2,1-4H3,(H2,37,38). The predicted octanol–water partition coefficient (Wildman–Crippen LogP) is 6.70. The van der Waals surface area contributed by atoms with Gasteiger partial charge in [-0.25, -0.2) is 9.78 Å². The predicted molar refractivity (Wildman–Crippen MR) is 177 cm³/mol. The Hall–Kier alpha value is -5.12. The number of amides is 1. The van der Waals surface area contributed by atoms with E-state index in [4.69, 9.17) is 25.0 Å². The number of ether oxygens (including phenoxy) is 3. The average molecular weight is 622 g/mol. The number of para-hydroxylation sites is 1. The monoisotopic (exact) mass is 621 g/mol. The van der Waals surface area contributed by atoms with Crippen molar-refractivity contribution in [2.45, 2.75) is 58.8 Å². The van der Waals surface area contributed by atoms with Crippen LogP contribution in [0.15, 0.2) is 72.9 Å². The molecular formula is C36H39N5O5. The summed E-state index contributed by atoms with van der Waals surface area (Å²) in [6.45, 7) is 8.97. The van der Waals surface area contributed by atoms with Gasteiger partial charge in [0.2, 0.25) is 0 Å². The lowest BCUT2D eigenvalue weighted by Gasteiger charge is -2.24. The molecule has 46 heavy (non-hydrogen) atoms. The largest absolute Gasteiger partial charge is 0.487 e. The highest BCUT2D eigenvalue weighted by Crippen LogP contribution is 2.35. The van der Waals surface area contributed by atoms with Crippen molar-refractivity contribution in [2.24, 2.45) is 0 Å². The molecule has 3 heterocycles. The van der Waals surface area contributed by atoms with Crippen LogP contribution in [0.4, 0.5) is 10.6 Å². The minimum absolute atomic E-state index is 0.0332. The second-order valence-electron chi connectivity index (χ2n) is 12.5. The molecule has 1 saturated heterocycles. The van der Waals surface area contributed by atoms with Crippen molar-refractivity contribution in [3.63, 3.8) is 0 Å². The highest BCUT2D eigenvalue weighted by atomic mass is 16.6. The Balaban J connectivity index is 1.37. The van der Waals surface area contributed by atoms with Crippen LogP contribution in [-0.2, 0) is 27.3 Å². The lowest BCUT2D eigenvalue weighted by Crippen LogP contribution is -2.35. The highest BCUT2D eigenvalue weighted by Gasteiger charge is 2.32. The van der Waals surface area contributed by atoms with Crippen molar-refractivity contribution in [2.75, 3.05) is 25.4 Å². The Morgan fingerprint density at radius 1 is 1.00 bits per heavy atom. The van der Waals surface area contributed by atoms with Gasteiger partial charge in [0.15, 0.2) is 0 Å². The number of rotatable bonds is 8. The van der Waals surface area contributed by atoms with E-state index in [-0.39, 0.29) is 31.1 Å². The lowest BCUT2D eigenvalue weighted by atomic mass is 9.97. The number of aromatic nitrogens is 3. The molecule has 1 fully saturated rings. The fourth-order valence-corrected chi connectivity index (χ4v) is 5.98. The molecule has 6 rings (SSSR count). The highest BCUT2D eigenvalue weighted by molar-refractivity contribution is 6.02. The fraction of sp³-hybridized carbons (Fsp3) is 0.333. The first-order valence-corrected chi connectivity index (χ1v) is 15.6. The summed E-state index contributed by atoms with van der Waals surface area (Å²) in [5.74, 6) is 0.780. The Labute approximate surface area is 268 Å². The van der Waals surface area contributed by atoms with Gasteiger partial charge in [-0.2, -0.15) is 5.10 Å². The maximum atomic E-state index is 12.9. The van der Waals surface area contributed by atoms with Gasteiger partial charge in [0.25, 0.3) is 0 Å². The first-order chi connectivity index (χ1) is 22.1. The van der Waals surface area contributed by atoms with E-state index in [0.29, 0.717) is 31.3 Å². The molecule has 0 radical (unpaired) electrons. The summed E-state index contributed by atoms with van der Waals surface area (Å²) < 4.78 is 19.2. The summed E-state index contributed by atoms with van der Waals surface area (Å²) in [5, 5.41) is 7.92. The second kappa shape index (κ2) is 12.7. The fourth-order valence-electron chi connectivity index (χ4n) is 5.98. The first-order valence-electron chi connectivity index (χ1n) is 15.6. The van der Waals surface area contributed by atoms with Crippen LogP contribution in [0.25, 0.3) is 32.8 Å². The lowest BCUT2D eigenvalue weighted by molar-refractivity contribution is -0.142.